The van der Waals surface area contributed by atoms with Crippen LogP contribution in [0.1, 0.15) is 25.3 Å². The molecule has 1 saturated carbocycles. The highest BCUT2D eigenvalue weighted by Crippen LogP contribution is 2.28. The minimum atomic E-state index is -0.556. The molecule has 4 nitrogen and oxygen atoms in total. The number of likely N-dealkylation sites (N-methyl/N-ethyl adjacent to an activating group) is 1. The van der Waals surface area contributed by atoms with E-state index in [-0.39, 0.29) is 0 Å². The lowest BCUT2D eigenvalue weighted by molar-refractivity contribution is 0.115. The molecule has 0 heterocycles. The van der Waals surface area contributed by atoms with Crippen molar-refractivity contribution in [2.75, 3.05) is 39.9 Å². The van der Waals surface area contributed by atoms with Gasteiger partial charge in [0.05, 0.1) is 6.61 Å². The first-order chi connectivity index (χ1) is 11.6. The molecule has 1 aromatic carbocycles. The van der Waals surface area contributed by atoms with Crippen molar-refractivity contribution in [3.8, 4) is 0 Å². The number of halogens is 2. The number of nitrogens with one attached hydrogen (secondary N) is 1. The van der Waals surface area contributed by atoms with E-state index in [9.17, 15) is 8.78 Å². The van der Waals surface area contributed by atoms with Gasteiger partial charge in [0.15, 0.2) is 5.96 Å². The van der Waals surface area contributed by atoms with Crippen LogP contribution in [0.25, 0.3) is 0 Å². The quantitative estimate of drug-likeness (QED) is 0.427. The molecule has 1 N–H and O–H groups in total. The first-order valence-corrected chi connectivity index (χ1v) is 8.61. The van der Waals surface area contributed by atoms with E-state index in [1.54, 1.807) is 0 Å². The molecule has 1 aromatic rings. The van der Waals surface area contributed by atoms with E-state index in [0.29, 0.717) is 25.1 Å². The average Bonchev–Trinajstić information content (AvgIpc) is 3.37. The Balaban J connectivity index is 1.79. The zero-order chi connectivity index (χ0) is 17.4. The molecule has 0 saturated heterocycles. The van der Waals surface area contributed by atoms with E-state index in [4.69, 9.17) is 4.74 Å². The van der Waals surface area contributed by atoms with Gasteiger partial charge in [-0.05, 0) is 43.7 Å². The maximum atomic E-state index is 13.6. The van der Waals surface area contributed by atoms with Crippen LogP contribution < -0.4 is 5.32 Å². The van der Waals surface area contributed by atoms with E-state index in [0.717, 1.165) is 37.6 Å². The Morgan fingerprint density at radius 3 is 2.83 bits per heavy atom. The summed E-state index contributed by atoms with van der Waals surface area (Å²) in [7, 11) is 1.96. The standard InChI is InChI=1S/C18H27F2N3O/c1-3-21-18(23(2)10-11-24-13-14-4-5-14)22-9-8-15-6-7-16(19)12-17(15)20/h6-7,12,14H,3-5,8-11,13H2,1-2H3,(H,21,22). The van der Waals surface area contributed by atoms with Crippen molar-refractivity contribution in [1.82, 2.24) is 10.2 Å². The lowest BCUT2D eigenvalue weighted by atomic mass is 10.1. The second kappa shape index (κ2) is 9.57. The summed E-state index contributed by atoms with van der Waals surface area (Å²) in [6.07, 6.45) is 3.02. The summed E-state index contributed by atoms with van der Waals surface area (Å²) in [5.74, 6) is 0.467. The van der Waals surface area contributed by atoms with Crippen molar-refractivity contribution < 1.29 is 13.5 Å². The van der Waals surface area contributed by atoms with Crippen molar-refractivity contribution in [2.24, 2.45) is 10.9 Å². The molecule has 1 fully saturated rings. The second-order valence-corrected chi connectivity index (χ2v) is 6.16. The fourth-order valence-corrected chi connectivity index (χ4v) is 2.32. The summed E-state index contributed by atoms with van der Waals surface area (Å²) in [5.41, 5.74) is 0.478. The maximum absolute atomic E-state index is 13.6. The minimum Gasteiger partial charge on any atom is -0.379 e. The van der Waals surface area contributed by atoms with Crippen molar-refractivity contribution >= 4 is 5.96 Å². The Kier molecular flexibility index (Phi) is 7.43. The summed E-state index contributed by atoms with van der Waals surface area (Å²) in [6.45, 7) is 5.49. The van der Waals surface area contributed by atoms with Crippen molar-refractivity contribution in [3.63, 3.8) is 0 Å². The zero-order valence-electron chi connectivity index (χ0n) is 14.5. The zero-order valence-corrected chi connectivity index (χ0v) is 14.5. The SMILES string of the molecule is CCNC(=NCCc1ccc(F)cc1F)N(C)CCOCC1CC1. The van der Waals surface area contributed by atoms with Gasteiger partial charge in [-0.25, -0.2) is 8.78 Å². The largest absolute Gasteiger partial charge is 0.379 e. The molecular formula is C18H27F2N3O. The predicted octanol–water partition coefficient (Wildman–Crippen LogP) is 2.83. The van der Waals surface area contributed by atoms with E-state index in [1.165, 1.54) is 25.0 Å². The molecule has 24 heavy (non-hydrogen) atoms. The van der Waals surface area contributed by atoms with Gasteiger partial charge >= 0.3 is 0 Å². The van der Waals surface area contributed by atoms with Gasteiger partial charge in [-0.3, -0.25) is 4.99 Å². The first kappa shape index (κ1) is 18.6. The van der Waals surface area contributed by atoms with Crippen LogP contribution in [-0.2, 0) is 11.2 Å². The van der Waals surface area contributed by atoms with Crippen LogP contribution in [0.5, 0.6) is 0 Å². The summed E-state index contributed by atoms with van der Waals surface area (Å²) >= 11 is 0. The van der Waals surface area contributed by atoms with Crippen LogP contribution in [0, 0.1) is 17.6 Å². The lowest BCUT2D eigenvalue weighted by Crippen LogP contribution is -2.40. The molecule has 1 aliphatic rings. The number of rotatable bonds is 9. The topological polar surface area (TPSA) is 36.9 Å². The third-order valence-corrected chi connectivity index (χ3v) is 3.98. The smallest absolute Gasteiger partial charge is 0.193 e. The van der Waals surface area contributed by atoms with Gasteiger partial charge < -0.3 is 15.0 Å². The molecule has 0 amide bonds. The van der Waals surface area contributed by atoms with Gasteiger partial charge in [-0.2, -0.15) is 0 Å². The highest BCUT2D eigenvalue weighted by atomic mass is 19.1. The number of hydrogen-bond donors (Lipinski definition) is 1. The molecule has 0 spiro atoms. The molecule has 0 bridgehead atoms. The fraction of sp³-hybridized carbons (Fsp3) is 0.611. The van der Waals surface area contributed by atoms with Crippen LogP contribution >= 0.6 is 0 Å². The Morgan fingerprint density at radius 1 is 1.38 bits per heavy atom. The highest BCUT2D eigenvalue weighted by Gasteiger charge is 2.21. The number of aliphatic imine (C=N–C) groups is 1. The van der Waals surface area contributed by atoms with E-state index in [1.807, 2.05) is 18.9 Å². The maximum Gasteiger partial charge on any atom is 0.193 e. The molecule has 0 aromatic heterocycles. The monoisotopic (exact) mass is 339 g/mol. The number of benzene rings is 1. The van der Waals surface area contributed by atoms with E-state index in [2.05, 4.69) is 10.3 Å². The normalized spacial score (nSPS) is 14.8. The van der Waals surface area contributed by atoms with E-state index >= 15 is 0 Å². The summed E-state index contributed by atoms with van der Waals surface area (Å²) in [4.78, 5) is 6.53. The molecule has 0 unspecified atom stereocenters. The van der Waals surface area contributed by atoms with Crippen molar-refractivity contribution in [3.05, 3.63) is 35.4 Å². The van der Waals surface area contributed by atoms with Gasteiger partial charge in [-0.1, -0.05) is 6.07 Å². The van der Waals surface area contributed by atoms with Crippen molar-refractivity contribution in [2.45, 2.75) is 26.2 Å². The number of hydrogen-bond acceptors (Lipinski definition) is 2. The minimum absolute atomic E-state index is 0.438. The molecule has 6 heteroatoms. The number of guanidine groups is 1. The lowest BCUT2D eigenvalue weighted by Gasteiger charge is -2.22. The Labute approximate surface area is 142 Å². The average molecular weight is 339 g/mol. The van der Waals surface area contributed by atoms with Gasteiger partial charge in [0.1, 0.15) is 11.6 Å². The Bertz CT molecular complexity index is 547. The number of nitrogens with zero attached hydrogens (tertiary/aromatic N) is 2. The summed E-state index contributed by atoms with van der Waals surface area (Å²) < 4.78 is 32.2. The molecule has 1 aliphatic carbocycles. The summed E-state index contributed by atoms with van der Waals surface area (Å²) in [6, 6.07) is 3.66. The molecule has 0 aliphatic heterocycles. The third kappa shape index (κ3) is 6.43. The fourth-order valence-electron chi connectivity index (χ4n) is 2.32. The van der Waals surface area contributed by atoms with Crippen molar-refractivity contribution in [1.29, 1.82) is 0 Å². The Morgan fingerprint density at radius 2 is 2.17 bits per heavy atom. The van der Waals surface area contributed by atoms with Crippen LogP contribution in [0.4, 0.5) is 8.78 Å². The molecule has 0 radical (unpaired) electrons. The van der Waals surface area contributed by atoms with Crippen LogP contribution in [0.15, 0.2) is 23.2 Å². The van der Waals surface area contributed by atoms with Crippen LogP contribution in [0.3, 0.4) is 0 Å². The first-order valence-electron chi connectivity index (χ1n) is 8.61. The third-order valence-electron chi connectivity index (χ3n) is 3.98. The molecular weight excluding hydrogens is 312 g/mol. The molecule has 134 valence electrons. The van der Waals surface area contributed by atoms with Gasteiger partial charge in [-0.15, -0.1) is 0 Å². The number of ether oxygens (including phenoxy) is 1. The molecule has 2 rings (SSSR count). The van der Waals surface area contributed by atoms with Crippen LogP contribution in [-0.4, -0.2) is 50.8 Å². The Hall–Kier alpha value is -1.69. The molecule has 0 atom stereocenters. The predicted molar refractivity (Wildman–Crippen MR) is 92.2 cm³/mol. The van der Waals surface area contributed by atoms with Crippen LogP contribution in [0.2, 0.25) is 0 Å². The highest BCUT2D eigenvalue weighted by molar-refractivity contribution is 5.79. The van der Waals surface area contributed by atoms with Gasteiger partial charge in [0.2, 0.25) is 0 Å². The summed E-state index contributed by atoms with van der Waals surface area (Å²) in [5, 5.41) is 3.22. The second-order valence-electron chi connectivity index (χ2n) is 6.16. The van der Waals surface area contributed by atoms with E-state index < -0.39 is 11.6 Å². The van der Waals surface area contributed by atoms with Gasteiger partial charge in [0, 0.05) is 39.4 Å². The van der Waals surface area contributed by atoms with Gasteiger partial charge in [0.25, 0.3) is 0 Å².